The van der Waals surface area contributed by atoms with Crippen LogP contribution in [0.4, 0.5) is 0 Å². The van der Waals surface area contributed by atoms with E-state index in [1.54, 1.807) is 14.0 Å². The second-order valence-electron chi connectivity index (χ2n) is 6.89. The smallest absolute Gasteiger partial charge is 0.329 e. The molecule has 0 spiro atoms. The topological polar surface area (TPSA) is 87.1 Å². The molecule has 1 aliphatic rings. The van der Waals surface area contributed by atoms with Gasteiger partial charge in [0.2, 0.25) is 5.91 Å². The highest BCUT2D eigenvalue weighted by Crippen LogP contribution is 2.48. The molecule has 0 bridgehead atoms. The van der Waals surface area contributed by atoms with E-state index in [1.165, 1.54) is 11.0 Å². The summed E-state index contributed by atoms with van der Waals surface area (Å²) >= 11 is 0. The fraction of sp³-hybridized carbons (Fsp3) is 0.789. The summed E-state index contributed by atoms with van der Waals surface area (Å²) in [5.74, 6) is -0.749. The minimum atomic E-state index is -0.806. The lowest BCUT2D eigenvalue weighted by Gasteiger charge is -2.49. The Morgan fingerprint density at radius 3 is 2.28 bits per heavy atom. The van der Waals surface area contributed by atoms with Crippen molar-refractivity contribution in [1.82, 2.24) is 4.90 Å². The van der Waals surface area contributed by atoms with Gasteiger partial charge in [0.25, 0.3) is 0 Å². The molecule has 0 aromatic carbocycles. The molecule has 1 saturated carbocycles. The average Bonchev–Trinajstić information content (AvgIpc) is 2.61. The van der Waals surface area contributed by atoms with E-state index in [4.69, 9.17) is 4.74 Å². The molecule has 25 heavy (non-hydrogen) atoms. The summed E-state index contributed by atoms with van der Waals surface area (Å²) in [5, 5.41) is 20.0. The van der Waals surface area contributed by atoms with E-state index in [-0.39, 0.29) is 18.4 Å². The number of carbonyl (C=O) groups excluding carboxylic acids is 2. The van der Waals surface area contributed by atoms with Crippen molar-refractivity contribution < 1.29 is 24.5 Å². The van der Waals surface area contributed by atoms with Gasteiger partial charge in [-0.1, -0.05) is 20.4 Å². The van der Waals surface area contributed by atoms with Gasteiger partial charge in [0, 0.05) is 12.5 Å². The molecule has 6 heteroatoms. The molecule has 0 radical (unpaired) electrons. The fourth-order valence-electron chi connectivity index (χ4n) is 4.36. The molecular weight excluding hydrogens is 322 g/mol. The highest BCUT2D eigenvalue weighted by Gasteiger charge is 2.51. The number of hydrogen-bond acceptors (Lipinski definition) is 5. The van der Waals surface area contributed by atoms with E-state index in [0.717, 1.165) is 0 Å². The van der Waals surface area contributed by atoms with Crippen LogP contribution in [-0.2, 0) is 14.3 Å². The first-order valence-corrected chi connectivity index (χ1v) is 9.20. The first-order chi connectivity index (χ1) is 11.8. The van der Waals surface area contributed by atoms with Gasteiger partial charge in [-0.05, 0) is 51.0 Å². The highest BCUT2D eigenvalue weighted by molar-refractivity contribution is 5.91. The number of amides is 1. The maximum Gasteiger partial charge on any atom is 0.329 e. The molecule has 0 aromatic rings. The zero-order chi connectivity index (χ0) is 19.2. The Morgan fingerprint density at radius 1 is 1.24 bits per heavy atom. The second-order valence-corrected chi connectivity index (χ2v) is 6.89. The van der Waals surface area contributed by atoms with Crippen molar-refractivity contribution in [1.29, 1.82) is 0 Å². The van der Waals surface area contributed by atoms with Gasteiger partial charge in [-0.25, -0.2) is 4.79 Å². The molecule has 0 heterocycles. The first kappa shape index (κ1) is 21.6. The quantitative estimate of drug-likeness (QED) is 0.513. The molecule has 2 N–H and O–H groups in total. The third-order valence-electron chi connectivity index (χ3n) is 5.87. The Bertz CT molecular complexity index is 474. The Hall–Kier alpha value is -1.40. The number of likely N-dealkylation sites (N-methyl/N-ethyl adjacent to an activating group) is 1. The maximum absolute atomic E-state index is 12.8. The van der Waals surface area contributed by atoms with E-state index < -0.39 is 29.6 Å². The van der Waals surface area contributed by atoms with E-state index >= 15 is 0 Å². The number of hydrogen-bond donors (Lipinski definition) is 2. The van der Waals surface area contributed by atoms with Gasteiger partial charge in [-0.2, -0.15) is 0 Å². The zero-order valence-corrected chi connectivity index (χ0v) is 15.9. The van der Waals surface area contributed by atoms with Crippen LogP contribution in [-0.4, -0.2) is 58.9 Å². The van der Waals surface area contributed by atoms with E-state index in [9.17, 15) is 19.8 Å². The Kier molecular flexibility index (Phi) is 8.09. The van der Waals surface area contributed by atoms with Gasteiger partial charge in [-0.15, -0.1) is 0 Å². The summed E-state index contributed by atoms with van der Waals surface area (Å²) < 4.78 is 5.29. The standard InChI is InChI=1S/C19H33NO5/c1-6-16(23)20(5)17(18(24)25-9-4)19(7-2,8-3)13-10-11-14(21)15(22)12-13/h6,13-15,17,21-22H,1,7-12H2,2-5H3. The average molecular weight is 355 g/mol. The van der Waals surface area contributed by atoms with E-state index in [2.05, 4.69) is 6.58 Å². The molecule has 0 aromatic heterocycles. The molecule has 0 saturated heterocycles. The van der Waals surface area contributed by atoms with Crippen LogP contribution in [0, 0.1) is 11.3 Å². The number of carbonyl (C=O) groups is 2. The van der Waals surface area contributed by atoms with Crippen molar-refractivity contribution in [3.05, 3.63) is 12.7 Å². The summed E-state index contributed by atoms with van der Waals surface area (Å²) in [4.78, 5) is 26.5. The number of ether oxygens (including phenoxy) is 1. The van der Waals surface area contributed by atoms with Crippen LogP contribution in [0.2, 0.25) is 0 Å². The number of aliphatic hydroxyl groups excluding tert-OH is 2. The van der Waals surface area contributed by atoms with Crippen molar-refractivity contribution in [3.63, 3.8) is 0 Å². The number of rotatable bonds is 8. The predicted octanol–water partition coefficient (Wildman–Crippen LogP) is 1.89. The van der Waals surface area contributed by atoms with Crippen LogP contribution >= 0.6 is 0 Å². The molecule has 144 valence electrons. The third kappa shape index (κ3) is 4.42. The highest BCUT2D eigenvalue weighted by atomic mass is 16.5. The lowest BCUT2D eigenvalue weighted by Crippen LogP contribution is -2.57. The lowest BCUT2D eigenvalue weighted by atomic mass is 9.60. The summed E-state index contributed by atoms with van der Waals surface area (Å²) in [6, 6.07) is -0.750. The largest absolute Gasteiger partial charge is 0.464 e. The number of esters is 1. The molecular formula is C19H33NO5. The first-order valence-electron chi connectivity index (χ1n) is 9.20. The Labute approximate surface area is 150 Å². The monoisotopic (exact) mass is 355 g/mol. The zero-order valence-electron chi connectivity index (χ0n) is 15.9. The van der Waals surface area contributed by atoms with Crippen LogP contribution in [0.15, 0.2) is 12.7 Å². The van der Waals surface area contributed by atoms with Crippen molar-refractivity contribution in [3.8, 4) is 0 Å². The van der Waals surface area contributed by atoms with Gasteiger partial charge in [-0.3, -0.25) is 4.79 Å². The number of nitrogens with zero attached hydrogens (tertiary/aromatic N) is 1. The van der Waals surface area contributed by atoms with Crippen molar-refractivity contribution >= 4 is 11.9 Å². The molecule has 4 atom stereocenters. The molecule has 6 nitrogen and oxygen atoms in total. The summed E-state index contributed by atoms with van der Waals surface area (Å²) in [7, 11) is 1.60. The molecule has 1 aliphatic carbocycles. The van der Waals surface area contributed by atoms with Crippen molar-refractivity contribution in [2.24, 2.45) is 11.3 Å². The van der Waals surface area contributed by atoms with Gasteiger partial charge >= 0.3 is 5.97 Å². The minimum absolute atomic E-state index is 0.00960. The van der Waals surface area contributed by atoms with Gasteiger partial charge in [0.1, 0.15) is 6.04 Å². The summed E-state index contributed by atoms with van der Waals surface area (Å²) in [5.41, 5.74) is -0.527. The fourth-order valence-corrected chi connectivity index (χ4v) is 4.36. The van der Waals surface area contributed by atoms with Crippen LogP contribution < -0.4 is 0 Å². The van der Waals surface area contributed by atoms with Crippen LogP contribution in [0.5, 0.6) is 0 Å². The van der Waals surface area contributed by atoms with E-state index in [1.807, 2.05) is 13.8 Å². The molecule has 0 aliphatic heterocycles. The Balaban J connectivity index is 3.32. The molecule has 1 fully saturated rings. The van der Waals surface area contributed by atoms with Crippen LogP contribution in [0.1, 0.15) is 52.9 Å². The minimum Gasteiger partial charge on any atom is -0.464 e. The molecule has 1 rings (SSSR count). The number of aliphatic hydroxyl groups is 2. The normalized spacial score (nSPS) is 25.1. The van der Waals surface area contributed by atoms with Gasteiger partial charge in [0.15, 0.2) is 0 Å². The van der Waals surface area contributed by atoms with E-state index in [0.29, 0.717) is 32.1 Å². The van der Waals surface area contributed by atoms with Gasteiger partial charge < -0.3 is 19.8 Å². The predicted molar refractivity (Wildman–Crippen MR) is 95.8 cm³/mol. The third-order valence-corrected chi connectivity index (χ3v) is 5.87. The SMILES string of the molecule is C=CC(=O)N(C)C(C(=O)OCC)C(CC)(CC)C1CCC(O)C(O)C1. The van der Waals surface area contributed by atoms with Crippen molar-refractivity contribution in [2.45, 2.75) is 71.1 Å². The maximum atomic E-state index is 12.8. The second kappa shape index (κ2) is 9.34. The summed E-state index contributed by atoms with van der Waals surface area (Å²) in [6.45, 7) is 9.50. The Morgan fingerprint density at radius 2 is 1.84 bits per heavy atom. The summed E-state index contributed by atoms with van der Waals surface area (Å²) in [6.07, 6.45) is 2.59. The molecule has 4 unspecified atom stereocenters. The van der Waals surface area contributed by atoms with Crippen molar-refractivity contribution in [2.75, 3.05) is 13.7 Å². The van der Waals surface area contributed by atoms with Crippen LogP contribution in [0.25, 0.3) is 0 Å². The van der Waals surface area contributed by atoms with Crippen LogP contribution in [0.3, 0.4) is 0 Å². The van der Waals surface area contributed by atoms with Gasteiger partial charge in [0.05, 0.1) is 18.8 Å². The molecule has 1 amide bonds. The lowest BCUT2D eigenvalue weighted by molar-refractivity contribution is -0.164.